The summed E-state index contributed by atoms with van der Waals surface area (Å²) in [5.74, 6) is -3.17. The topological polar surface area (TPSA) is 101 Å². The number of halogens is 1. The van der Waals surface area contributed by atoms with Gasteiger partial charge in [-0.3, -0.25) is 4.79 Å². The molecular weight excluding hydrogens is 313 g/mol. The number of carboxylic acid groups (broad SMARTS) is 1. The quantitative estimate of drug-likeness (QED) is 0.795. The highest BCUT2D eigenvalue weighted by Gasteiger charge is 2.16. The number of sulfone groups is 1. The molecule has 8 heteroatoms. The molecule has 0 radical (unpaired) electrons. The van der Waals surface area contributed by atoms with E-state index in [0.29, 0.717) is 0 Å². The van der Waals surface area contributed by atoms with Gasteiger partial charge in [-0.05, 0) is 24.1 Å². The van der Waals surface area contributed by atoms with E-state index in [4.69, 9.17) is 5.11 Å². The number of carbonyl (C=O) groups excluding carboxylic acids is 1. The molecule has 1 rings (SSSR count). The SMILES string of the molecule is CC(C)CS(=O)(=O)CCC(=O)Nc1ccc(C(=O)O)cc1F. The van der Waals surface area contributed by atoms with Gasteiger partial charge in [0.25, 0.3) is 0 Å². The van der Waals surface area contributed by atoms with Gasteiger partial charge in [0, 0.05) is 6.42 Å². The predicted octanol–water partition coefficient (Wildman–Crippen LogP) is 1.92. The highest BCUT2D eigenvalue weighted by molar-refractivity contribution is 7.91. The van der Waals surface area contributed by atoms with Crippen LogP contribution in [0, 0.1) is 11.7 Å². The number of hydrogen-bond acceptors (Lipinski definition) is 4. The second-order valence-electron chi connectivity index (χ2n) is 5.31. The molecule has 0 heterocycles. The third kappa shape index (κ3) is 5.80. The second kappa shape index (κ2) is 7.35. The molecule has 1 amide bonds. The Morgan fingerprint density at radius 2 is 1.95 bits per heavy atom. The second-order valence-corrected chi connectivity index (χ2v) is 7.53. The molecule has 0 aliphatic heterocycles. The fourth-order valence-electron chi connectivity index (χ4n) is 1.80. The Bertz CT molecular complexity index is 670. The smallest absolute Gasteiger partial charge is 0.335 e. The summed E-state index contributed by atoms with van der Waals surface area (Å²) in [6.45, 7) is 3.52. The first kappa shape index (κ1) is 18.1. The largest absolute Gasteiger partial charge is 0.478 e. The van der Waals surface area contributed by atoms with E-state index in [2.05, 4.69) is 5.32 Å². The highest BCUT2D eigenvalue weighted by Crippen LogP contribution is 2.16. The van der Waals surface area contributed by atoms with Gasteiger partial charge in [-0.1, -0.05) is 13.8 Å². The number of carboxylic acids is 1. The third-order valence-electron chi connectivity index (χ3n) is 2.72. The van der Waals surface area contributed by atoms with Gasteiger partial charge in [-0.25, -0.2) is 17.6 Å². The summed E-state index contributed by atoms with van der Waals surface area (Å²) in [5, 5.41) is 10.9. The average Bonchev–Trinajstić information content (AvgIpc) is 2.37. The molecule has 0 saturated carbocycles. The van der Waals surface area contributed by atoms with Crippen molar-refractivity contribution in [2.45, 2.75) is 20.3 Å². The van der Waals surface area contributed by atoms with Crippen LogP contribution in [0.2, 0.25) is 0 Å². The van der Waals surface area contributed by atoms with Gasteiger partial charge in [0.15, 0.2) is 9.84 Å². The van der Waals surface area contributed by atoms with Gasteiger partial charge in [-0.2, -0.15) is 0 Å². The van der Waals surface area contributed by atoms with Crippen molar-refractivity contribution in [3.8, 4) is 0 Å². The summed E-state index contributed by atoms with van der Waals surface area (Å²) < 4.78 is 37.0. The van der Waals surface area contributed by atoms with E-state index >= 15 is 0 Å². The Morgan fingerprint density at radius 1 is 1.32 bits per heavy atom. The lowest BCUT2D eigenvalue weighted by atomic mass is 10.2. The molecule has 0 unspecified atom stereocenters. The lowest BCUT2D eigenvalue weighted by Gasteiger charge is -2.09. The van der Waals surface area contributed by atoms with Crippen LogP contribution in [0.1, 0.15) is 30.6 Å². The zero-order valence-corrected chi connectivity index (χ0v) is 13.1. The zero-order chi connectivity index (χ0) is 16.9. The van der Waals surface area contributed by atoms with Crippen molar-refractivity contribution in [2.24, 2.45) is 5.92 Å². The molecule has 6 nitrogen and oxygen atoms in total. The van der Waals surface area contributed by atoms with Crippen LogP contribution in [0.25, 0.3) is 0 Å². The molecule has 2 N–H and O–H groups in total. The van der Waals surface area contributed by atoms with E-state index in [9.17, 15) is 22.4 Å². The summed E-state index contributed by atoms with van der Waals surface area (Å²) in [6.07, 6.45) is -0.283. The van der Waals surface area contributed by atoms with Crippen LogP contribution in [-0.2, 0) is 14.6 Å². The molecule has 0 aromatic heterocycles. The maximum atomic E-state index is 13.6. The van der Waals surface area contributed by atoms with Crippen LogP contribution >= 0.6 is 0 Å². The van der Waals surface area contributed by atoms with Crippen LogP contribution in [0.15, 0.2) is 18.2 Å². The molecule has 1 aromatic carbocycles. The molecule has 22 heavy (non-hydrogen) atoms. The standard InChI is InChI=1S/C14H18FNO5S/c1-9(2)8-22(20,21)6-5-13(17)16-12-4-3-10(14(18)19)7-11(12)15/h3-4,7,9H,5-6,8H2,1-2H3,(H,16,17)(H,18,19). The molecular formula is C14H18FNO5S. The Hall–Kier alpha value is -1.96. The number of aromatic carboxylic acids is 1. The summed E-state index contributed by atoms with van der Waals surface area (Å²) in [4.78, 5) is 22.3. The van der Waals surface area contributed by atoms with Crippen molar-refractivity contribution in [3.05, 3.63) is 29.6 Å². The molecule has 122 valence electrons. The van der Waals surface area contributed by atoms with Crippen molar-refractivity contribution in [2.75, 3.05) is 16.8 Å². The number of amides is 1. The van der Waals surface area contributed by atoms with Gasteiger partial charge in [-0.15, -0.1) is 0 Å². The molecule has 0 aliphatic carbocycles. The minimum atomic E-state index is -3.33. The van der Waals surface area contributed by atoms with Crippen molar-refractivity contribution in [1.29, 1.82) is 0 Å². The highest BCUT2D eigenvalue weighted by atomic mass is 32.2. The van der Waals surface area contributed by atoms with Crippen molar-refractivity contribution < 1.29 is 27.5 Å². The van der Waals surface area contributed by atoms with E-state index in [1.54, 1.807) is 13.8 Å². The Balaban J connectivity index is 2.65. The minimum absolute atomic E-state index is 0.0120. The summed E-state index contributed by atoms with van der Waals surface area (Å²) in [7, 11) is -3.33. The first-order valence-corrected chi connectivity index (χ1v) is 8.46. The molecule has 0 aliphatic rings. The summed E-state index contributed by atoms with van der Waals surface area (Å²) in [6, 6.07) is 3.06. The normalized spacial score (nSPS) is 11.5. The van der Waals surface area contributed by atoms with E-state index in [-0.39, 0.29) is 35.1 Å². The Labute approximate surface area is 128 Å². The Kier molecular flexibility index (Phi) is 6.04. The number of nitrogens with one attached hydrogen (secondary N) is 1. The maximum absolute atomic E-state index is 13.6. The van der Waals surface area contributed by atoms with Gasteiger partial charge in [0.05, 0.1) is 22.8 Å². The number of rotatable bonds is 7. The first-order valence-electron chi connectivity index (χ1n) is 6.64. The van der Waals surface area contributed by atoms with E-state index in [0.717, 1.165) is 18.2 Å². The van der Waals surface area contributed by atoms with Gasteiger partial charge in [0.1, 0.15) is 5.82 Å². The van der Waals surface area contributed by atoms with Crippen molar-refractivity contribution >= 4 is 27.4 Å². The molecule has 0 bridgehead atoms. The molecule has 0 atom stereocenters. The summed E-state index contributed by atoms with van der Waals surface area (Å²) >= 11 is 0. The average molecular weight is 331 g/mol. The van der Waals surface area contributed by atoms with Crippen LogP contribution in [0.4, 0.5) is 10.1 Å². The lowest BCUT2D eigenvalue weighted by Crippen LogP contribution is -2.21. The maximum Gasteiger partial charge on any atom is 0.335 e. The minimum Gasteiger partial charge on any atom is -0.478 e. The van der Waals surface area contributed by atoms with Crippen molar-refractivity contribution in [1.82, 2.24) is 0 Å². The third-order valence-corrected chi connectivity index (χ3v) is 4.72. The lowest BCUT2D eigenvalue weighted by molar-refractivity contribution is -0.115. The number of hydrogen-bond donors (Lipinski definition) is 2. The van der Waals surface area contributed by atoms with Gasteiger partial charge >= 0.3 is 5.97 Å². The molecule has 0 fully saturated rings. The number of benzene rings is 1. The monoisotopic (exact) mass is 331 g/mol. The number of anilines is 1. The van der Waals surface area contributed by atoms with Gasteiger partial charge < -0.3 is 10.4 Å². The van der Waals surface area contributed by atoms with Gasteiger partial charge in [0.2, 0.25) is 5.91 Å². The van der Waals surface area contributed by atoms with Crippen LogP contribution in [0.3, 0.4) is 0 Å². The molecule has 1 aromatic rings. The zero-order valence-electron chi connectivity index (χ0n) is 12.3. The fraction of sp³-hybridized carbons (Fsp3) is 0.429. The van der Waals surface area contributed by atoms with Crippen LogP contribution in [0.5, 0.6) is 0 Å². The molecule has 0 spiro atoms. The van der Waals surface area contributed by atoms with Crippen LogP contribution in [-0.4, -0.2) is 36.9 Å². The van der Waals surface area contributed by atoms with Crippen LogP contribution < -0.4 is 5.32 Å². The predicted molar refractivity (Wildman–Crippen MR) is 80.1 cm³/mol. The van der Waals surface area contributed by atoms with E-state index < -0.39 is 27.5 Å². The first-order chi connectivity index (χ1) is 10.1. The molecule has 0 saturated heterocycles. The fourth-order valence-corrected chi connectivity index (χ4v) is 3.48. The Morgan fingerprint density at radius 3 is 2.45 bits per heavy atom. The van der Waals surface area contributed by atoms with Crippen molar-refractivity contribution in [3.63, 3.8) is 0 Å². The van der Waals surface area contributed by atoms with E-state index in [1.165, 1.54) is 0 Å². The summed E-state index contributed by atoms with van der Waals surface area (Å²) in [5.41, 5.74) is -0.425. The van der Waals surface area contributed by atoms with E-state index in [1.807, 2.05) is 0 Å². The number of carbonyl (C=O) groups is 2.